The zero-order valence-electron chi connectivity index (χ0n) is 12.1. The number of hydrogen-bond donors (Lipinski definition) is 1. The maximum atomic E-state index is 12.0. The molecule has 5 heteroatoms. The lowest BCUT2D eigenvalue weighted by atomic mass is 10.2. The van der Waals surface area contributed by atoms with Crippen LogP contribution < -0.4 is 5.32 Å². The molecular formula is C15H20N2O3. The van der Waals surface area contributed by atoms with Gasteiger partial charge in [0.25, 0.3) is 5.91 Å². The summed E-state index contributed by atoms with van der Waals surface area (Å²) in [6.45, 7) is 6.23. The first-order chi connectivity index (χ1) is 9.60. The lowest BCUT2D eigenvalue weighted by Gasteiger charge is -2.13. The van der Waals surface area contributed by atoms with Crippen molar-refractivity contribution < 1.29 is 13.9 Å². The van der Waals surface area contributed by atoms with Crippen molar-refractivity contribution in [1.82, 2.24) is 4.98 Å². The fourth-order valence-corrected chi connectivity index (χ4v) is 1.84. The monoisotopic (exact) mass is 276 g/mol. The number of fused-ring (bicyclic) bond motifs is 1. The molecule has 108 valence electrons. The molecule has 0 aliphatic rings. The van der Waals surface area contributed by atoms with Gasteiger partial charge in [0, 0.05) is 25.3 Å². The first kappa shape index (κ1) is 14.5. The van der Waals surface area contributed by atoms with Crippen molar-refractivity contribution in [2.45, 2.75) is 39.7 Å². The quantitative estimate of drug-likeness (QED) is 0.822. The smallest absolute Gasteiger partial charge is 0.253 e. The molecule has 1 aromatic carbocycles. The summed E-state index contributed by atoms with van der Waals surface area (Å²) in [6, 6.07) is 5.40. The molecule has 0 spiro atoms. The number of carbonyl (C=O) groups is 1. The van der Waals surface area contributed by atoms with E-state index in [2.05, 4.69) is 17.2 Å². The Labute approximate surface area is 118 Å². The second-order valence-electron chi connectivity index (χ2n) is 4.77. The molecule has 20 heavy (non-hydrogen) atoms. The molecule has 0 aliphatic heterocycles. The molecule has 0 radical (unpaired) electrons. The molecule has 0 fully saturated rings. The lowest BCUT2D eigenvalue weighted by molar-refractivity contribution is -0.126. The molecular weight excluding hydrogens is 256 g/mol. The minimum absolute atomic E-state index is 0.156. The van der Waals surface area contributed by atoms with Crippen LogP contribution >= 0.6 is 0 Å². The van der Waals surface area contributed by atoms with Crippen molar-refractivity contribution in [2.24, 2.45) is 0 Å². The summed E-state index contributed by atoms with van der Waals surface area (Å²) in [5.41, 5.74) is 2.14. The second-order valence-corrected chi connectivity index (χ2v) is 4.77. The molecule has 0 saturated heterocycles. The zero-order valence-corrected chi connectivity index (χ0v) is 12.1. The van der Waals surface area contributed by atoms with Gasteiger partial charge < -0.3 is 14.5 Å². The van der Waals surface area contributed by atoms with E-state index in [1.54, 1.807) is 26.0 Å². The van der Waals surface area contributed by atoms with E-state index in [9.17, 15) is 4.79 Å². The molecule has 1 atom stereocenters. The van der Waals surface area contributed by atoms with Crippen LogP contribution in [0.5, 0.6) is 0 Å². The summed E-state index contributed by atoms with van der Waals surface area (Å²) in [7, 11) is 0. The van der Waals surface area contributed by atoms with Crippen LogP contribution in [0.2, 0.25) is 0 Å². The third-order valence-electron chi connectivity index (χ3n) is 3.00. The minimum Gasteiger partial charge on any atom is -0.441 e. The molecule has 0 aliphatic carbocycles. The van der Waals surface area contributed by atoms with Gasteiger partial charge >= 0.3 is 0 Å². The summed E-state index contributed by atoms with van der Waals surface area (Å²) in [4.78, 5) is 16.2. The number of carbonyl (C=O) groups excluding carboxylic acids is 1. The Bertz CT molecular complexity index is 592. The third-order valence-corrected chi connectivity index (χ3v) is 3.00. The largest absolute Gasteiger partial charge is 0.441 e. The summed E-state index contributed by atoms with van der Waals surface area (Å²) in [6.07, 6.45) is 1.55. The van der Waals surface area contributed by atoms with Crippen LogP contribution in [0.25, 0.3) is 11.1 Å². The van der Waals surface area contributed by atoms with Gasteiger partial charge in [-0.1, -0.05) is 13.3 Å². The summed E-state index contributed by atoms with van der Waals surface area (Å²) in [5.74, 6) is 0.455. The van der Waals surface area contributed by atoms with E-state index < -0.39 is 6.10 Å². The van der Waals surface area contributed by atoms with E-state index >= 15 is 0 Å². The number of oxazole rings is 1. The number of ether oxygens (including phenoxy) is 1. The SMILES string of the molecule is CCCCOC(C)C(=O)Nc1ccc2nc(C)oc2c1. The predicted octanol–water partition coefficient (Wildman–Crippen LogP) is 3.28. The van der Waals surface area contributed by atoms with E-state index in [1.165, 1.54) is 0 Å². The van der Waals surface area contributed by atoms with Gasteiger partial charge in [-0.3, -0.25) is 4.79 Å². The van der Waals surface area contributed by atoms with Crippen LogP contribution in [0.4, 0.5) is 5.69 Å². The Kier molecular flexibility index (Phi) is 4.74. The number of benzene rings is 1. The maximum Gasteiger partial charge on any atom is 0.253 e. The highest BCUT2D eigenvalue weighted by Crippen LogP contribution is 2.20. The topological polar surface area (TPSA) is 64.4 Å². The van der Waals surface area contributed by atoms with Crippen LogP contribution in [0.3, 0.4) is 0 Å². The molecule has 2 aromatic rings. The number of aromatic nitrogens is 1. The van der Waals surface area contributed by atoms with E-state index in [-0.39, 0.29) is 5.91 Å². The van der Waals surface area contributed by atoms with Crippen molar-refractivity contribution in [3.05, 3.63) is 24.1 Å². The normalized spacial score (nSPS) is 12.6. The second kappa shape index (κ2) is 6.52. The van der Waals surface area contributed by atoms with Crippen molar-refractivity contribution in [2.75, 3.05) is 11.9 Å². The van der Waals surface area contributed by atoms with Crippen molar-refractivity contribution >= 4 is 22.7 Å². The predicted molar refractivity (Wildman–Crippen MR) is 77.7 cm³/mol. The van der Waals surface area contributed by atoms with Gasteiger partial charge in [-0.05, 0) is 25.5 Å². The van der Waals surface area contributed by atoms with E-state index in [0.717, 1.165) is 18.4 Å². The number of rotatable bonds is 6. The van der Waals surface area contributed by atoms with Gasteiger partial charge in [-0.15, -0.1) is 0 Å². The van der Waals surface area contributed by atoms with Gasteiger partial charge in [-0.25, -0.2) is 4.98 Å². The molecule has 1 heterocycles. The molecule has 1 unspecified atom stereocenters. The third kappa shape index (κ3) is 3.57. The molecule has 2 rings (SSSR count). The van der Waals surface area contributed by atoms with Crippen LogP contribution in [0.15, 0.2) is 22.6 Å². The molecule has 1 aromatic heterocycles. The molecule has 5 nitrogen and oxygen atoms in total. The van der Waals surface area contributed by atoms with Gasteiger partial charge in [0.2, 0.25) is 0 Å². The Morgan fingerprint density at radius 3 is 3.05 bits per heavy atom. The van der Waals surface area contributed by atoms with Crippen LogP contribution in [-0.2, 0) is 9.53 Å². The first-order valence-corrected chi connectivity index (χ1v) is 6.90. The Balaban J connectivity index is 1.98. The fraction of sp³-hybridized carbons (Fsp3) is 0.467. The van der Waals surface area contributed by atoms with E-state index in [0.29, 0.717) is 23.8 Å². The van der Waals surface area contributed by atoms with Gasteiger partial charge in [0.15, 0.2) is 11.5 Å². The van der Waals surface area contributed by atoms with Crippen LogP contribution in [-0.4, -0.2) is 23.6 Å². The Morgan fingerprint density at radius 1 is 1.50 bits per heavy atom. The highest BCUT2D eigenvalue weighted by Gasteiger charge is 2.14. The van der Waals surface area contributed by atoms with Crippen LogP contribution in [0, 0.1) is 6.92 Å². The van der Waals surface area contributed by atoms with Gasteiger partial charge in [0.1, 0.15) is 11.6 Å². The summed E-state index contributed by atoms with van der Waals surface area (Å²) < 4.78 is 10.9. The van der Waals surface area contributed by atoms with Gasteiger partial charge in [0.05, 0.1) is 0 Å². The number of nitrogens with one attached hydrogen (secondary N) is 1. The van der Waals surface area contributed by atoms with Crippen molar-refractivity contribution in [3.63, 3.8) is 0 Å². The molecule has 0 saturated carbocycles. The van der Waals surface area contributed by atoms with Gasteiger partial charge in [-0.2, -0.15) is 0 Å². The van der Waals surface area contributed by atoms with Crippen molar-refractivity contribution in [3.8, 4) is 0 Å². The standard InChI is InChI=1S/C15H20N2O3/c1-4-5-8-19-10(2)15(18)17-12-6-7-13-14(9-12)20-11(3)16-13/h6-7,9-10H,4-5,8H2,1-3H3,(H,17,18). The number of nitrogens with zero attached hydrogens (tertiary/aromatic N) is 1. The molecule has 0 bridgehead atoms. The molecule has 1 amide bonds. The summed E-state index contributed by atoms with van der Waals surface area (Å²) in [5, 5.41) is 2.82. The Morgan fingerprint density at radius 2 is 2.30 bits per heavy atom. The van der Waals surface area contributed by atoms with E-state index in [1.807, 2.05) is 6.07 Å². The number of hydrogen-bond acceptors (Lipinski definition) is 4. The average Bonchev–Trinajstić information content (AvgIpc) is 2.78. The van der Waals surface area contributed by atoms with Crippen molar-refractivity contribution in [1.29, 1.82) is 0 Å². The van der Waals surface area contributed by atoms with E-state index in [4.69, 9.17) is 9.15 Å². The number of unbranched alkanes of at least 4 members (excludes halogenated alkanes) is 1. The fourth-order valence-electron chi connectivity index (χ4n) is 1.84. The Hall–Kier alpha value is -1.88. The number of anilines is 1. The average molecular weight is 276 g/mol. The first-order valence-electron chi connectivity index (χ1n) is 6.90. The highest BCUT2D eigenvalue weighted by molar-refractivity contribution is 5.95. The molecule has 1 N–H and O–H groups in total. The number of amides is 1. The minimum atomic E-state index is -0.464. The van der Waals surface area contributed by atoms with Crippen LogP contribution in [0.1, 0.15) is 32.6 Å². The highest BCUT2D eigenvalue weighted by atomic mass is 16.5. The number of aryl methyl sites for hydroxylation is 1. The summed E-state index contributed by atoms with van der Waals surface area (Å²) >= 11 is 0. The maximum absolute atomic E-state index is 12.0. The zero-order chi connectivity index (χ0) is 14.5. The lowest BCUT2D eigenvalue weighted by Crippen LogP contribution is -2.28.